The van der Waals surface area contributed by atoms with Gasteiger partial charge in [-0.3, -0.25) is 4.90 Å². The largest absolute Gasteiger partial charge is 0.468 e. The standard InChI is InChI=1S/C15H24N2O2/c1-16(2)13-10-15(19-12-13)5-7-17(8-6-15)11-14-4-3-9-18-14/h3-4,9,13H,5-8,10-12H2,1-2H3/t13-/m0/s1. The minimum atomic E-state index is 0.147. The number of nitrogens with zero attached hydrogens (tertiary/aromatic N) is 2. The number of rotatable bonds is 3. The first kappa shape index (κ1) is 13.2. The number of ether oxygens (including phenoxy) is 1. The SMILES string of the molecule is CN(C)[C@@H]1COC2(CCN(Cc3ccco3)CC2)C1. The van der Waals surface area contributed by atoms with E-state index in [-0.39, 0.29) is 5.60 Å². The van der Waals surface area contributed by atoms with Crippen LogP contribution in [0.2, 0.25) is 0 Å². The van der Waals surface area contributed by atoms with E-state index in [1.54, 1.807) is 6.26 Å². The van der Waals surface area contributed by atoms with Gasteiger partial charge in [-0.05, 0) is 45.5 Å². The number of hydrogen-bond donors (Lipinski definition) is 0. The molecule has 2 aliphatic heterocycles. The number of hydrogen-bond acceptors (Lipinski definition) is 4. The van der Waals surface area contributed by atoms with Crippen molar-refractivity contribution in [2.45, 2.75) is 37.5 Å². The van der Waals surface area contributed by atoms with Crippen LogP contribution in [0, 0.1) is 0 Å². The Balaban J connectivity index is 1.52. The van der Waals surface area contributed by atoms with E-state index in [9.17, 15) is 0 Å². The zero-order valence-electron chi connectivity index (χ0n) is 12.0. The van der Waals surface area contributed by atoms with Crippen LogP contribution < -0.4 is 0 Å². The van der Waals surface area contributed by atoms with E-state index in [1.165, 1.54) is 6.42 Å². The highest BCUT2D eigenvalue weighted by molar-refractivity contribution is 5.00. The third kappa shape index (κ3) is 2.86. The van der Waals surface area contributed by atoms with Crippen LogP contribution in [0.25, 0.3) is 0 Å². The summed E-state index contributed by atoms with van der Waals surface area (Å²) in [6.07, 6.45) is 5.24. The van der Waals surface area contributed by atoms with Gasteiger partial charge in [0.1, 0.15) is 5.76 Å². The lowest BCUT2D eigenvalue weighted by Gasteiger charge is -2.38. The summed E-state index contributed by atoms with van der Waals surface area (Å²) in [6, 6.07) is 4.61. The van der Waals surface area contributed by atoms with Gasteiger partial charge < -0.3 is 14.1 Å². The van der Waals surface area contributed by atoms with Gasteiger partial charge in [0.05, 0.1) is 25.0 Å². The van der Waals surface area contributed by atoms with E-state index in [4.69, 9.17) is 9.15 Å². The Morgan fingerprint density at radius 1 is 1.37 bits per heavy atom. The summed E-state index contributed by atoms with van der Waals surface area (Å²) in [6.45, 7) is 4.05. The fraction of sp³-hybridized carbons (Fsp3) is 0.733. The van der Waals surface area contributed by atoms with Crippen molar-refractivity contribution in [2.24, 2.45) is 0 Å². The zero-order valence-corrected chi connectivity index (χ0v) is 12.0. The van der Waals surface area contributed by atoms with Crippen LogP contribution in [-0.4, -0.2) is 55.2 Å². The third-order valence-corrected chi connectivity index (χ3v) is 4.65. The number of furan rings is 1. The quantitative estimate of drug-likeness (QED) is 0.834. The highest BCUT2D eigenvalue weighted by Crippen LogP contribution is 2.37. The van der Waals surface area contributed by atoms with Gasteiger partial charge in [-0.15, -0.1) is 0 Å². The van der Waals surface area contributed by atoms with Gasteiger partial charge in [-0.25, -0.2) is 0 Å². The first-order valence-corrected chi connectivity index (χ1v) is 7.22. The summed E-state index contributed by atoms with van der Waals surface area (Å²) >= 11 is 0. The molecule has 0 aliphatic carbocycles. The molecule has 2 fully saturated rings. The third-order valence-electron chi connectivity index (χ3n) is 4.65. The molecule has 106 valence electrons. The summed E-state index contributed by atoms with van der Waals surface area (Å²) in [7, 11) is 4.30. The number of piperidine rings is 1. The van der Waals surface area contributed by atoms with Crippen LogP contribution >= 0.6 is 0 Å². The van der Waals surface area contributed by atoms with Gasteiger partial charge in [0.15, 0.2) is 0 Å². The maximum Gasteiger partial charge on any atom is 0.117 e. The topological polar surface area (TPSA) is 28.9 Å². The minimum Gasteiger partial charge on any atom is -0.468 e. The molecule has 4 heteroatoms. The van der Waals surface area contributed by atoms with E-state index in [0.29, 0.717) is 6.04 Å². The summed E-state index contributed by atoms with van der Waals surface area (Å²) in [4.78, 5) is 4.76. The molecule has 0 aromatic carbocycles. The summed E-state index contributed by atoms with van der Waals surface area (Å²) < 4.78 is 11.6. The normalized spacial score (nSPS) is 27.4. The molecular weight excluding hydrogens is 240 g/mol. The lowest BCUT2D eigenvalue weighted by Crippen LogP contribution is -2.44. The molecule has 0 N–H and O–H groups in total. The molecule has 3 rings (SSSR count). The van der Waals surface area contributed by atoms with Crippen LogP contribution in [0.15, 0.2) is 22.8 Å². The second-order valence-corrected chi connectivity index (χ2v) is 6.17. The molecule has 0 unspecified atom stereocenters. The maximum absolute atomic E-state index is 6.15. The molecule has 1 spiro atoms. The van der Waals surface area contributed by atoms with Crippen LogP contribution in [0.3, 0.4) is 0 Å². The van der Waals surface area contributed by atoms with E-state index in [1.807, 2.05) is 6.07 Å². The Kier molecular flexibility index (Phi) is 3.65. The average Bonchev–Trinajstić information content (AvgIpc) is 3.03. The molecule has 2 aliphatic rings. The van der Waals surface area contributed by atoms with Crippen LogP contribution in [0.1, 0.15) is 25.0 Å². The zero-order chi connectivity index (χ0) is 13.3. The lowest BCUT2D eigenvalue weighted by atomic mass is 9.87. The summed E-state index contributed by atoms with van der Waals surface area (Å²) in [5, 5.41) is 0. The Morgan fingerprint density at radius 2 is 2.16 bits per heavy atom. The van der Waals surface area contributed by atoms with Gasteiger partial charge in [0.25, 0.3) is 0 Å². The van der Waals surface area contributed by atoms with Crippen molar-refractivity contribution in [1.82, 2.24) is 9.80 Å². The van der Waals surface area contributed by atoms with Gasteiger partial charge >= 0.3 is 0 Å². The van der Waals surface area contributed by atoms with Crippen molar-refractivity contribution in [2.75, 3.05) is 33.8 Å². The second-order valence-electron chi connectivity index (χ2n) is 6.17. The molecule has 19 heavy (non-hydrogen) atoms. The van der Waals surface area contributed by atoms with Crippen molar-refractivity contribution >= 4 is 0 Å². The van der Waals surface area contributed by atoms with Crippen molar-refractivity contribution in [3.05, 3.63) is 24.2 Å². The Morgan fingerprint density at radius 3 is 2.74 bits per heavy atom. The fourth-order valence-electron chi connectivity index (χ4n) is 3.24. The molecule has 1 aromatic heterocycles. The molecule has 0 radical (unpaired) electrons. The van der Waals surface area contributed by atoms with E-state index in [2.05, 4.69) is 30.0 Å². The second kappa shape index (κ2) is 5.27. The minimum absolute atomic E-state index is 0.147. The van der Waals surface area contributed by atoms with Gasteiger partial charge in [-0.1, -0.05) is 0 Å². The highest BCUT2D eigenvalue weighted by atomic mass is 16.5. The molecule has 0 amide bonds. The van der Waals surface area contributed by atoms with E-state index >= 15 is 0 Å². The monoisotopic (exact) mass is 264 g/mol. The van der Waals surface area contributed by atoms with Crippen molar-refractivity contribution < 1.29 is 9.15 Å². The first-order valence-electron chi connectivity index (χ1n) is 7.22. The molecule has 4 nitrogen and oxygen atoms in total. The number of likely N-dealkylation sites (tertiary alicyclic amines) is 1. The van der Waals surface area contributed by atoms with Gasteiger partial charge in [-0.2, -0.15) is 0 Å². The summed E-state index contributed by atoms with van der Waals surface area (Å²) in [5.41, 5.74) is 0.147. The Labute approximate surface area is 115 Å². The molecule has 1 atom stereocenters. The van der Waals surface area contributed by atoms with Gasteiger partial charge in [0, 0.05) is 19.1 Å². The van der Waals surface area contributed by atoms with E-state index < -0.39 is 0 Å². The van der Waals surface area contributed by atoms with Crippen molar-refractivity contribution in [3.63, 3.8) is 0 Å². The molecule has 3 heterocycles. The van der Waals surface area contributed by atoms with Crippen LogP contribution in [0.5, 0.6) is 0 Å². The van der Waals surface area contributed by atoms with Crippen LogP contribution in [-0.2, 0) is 11.3 Å². The lowest BCUT2D eigenvalue weighted by molar-refractivity contribution is -0.0460. The van der Waals surface area contributed by atoms with Gasteiger partial charge in [0.2, 0.25) is 0 Å². The predicted octanol–water partition coefficient (Wildman–Crippen LogP) is 1.96. The summed E-state index contributed by atoms with van der Waals surface area (Å²) in [5.74, 6) is 1.06. The number of likely N-dealkylation sites (N-methyl/N-ethyl adjacent to an activating group) is 1. The predicted molar refractivity (Wildman–Crippen MR) is 74.0 cm³/mol. The first-order chi connectivity index (χ1) is 9.17. The van der Waals surface area contributed by atoms with E-state index in [0.717, 1.165) is 44.8 Å². The molecule has 1 aromatic rings. The smallest absolute Gasteiger partial charge is 0.117 e. The van der Waals surface area contributed by atoms with Crippen molar-refractivity contribution in [3.8, 4) is 0 Å². The molecular formula is C15H24N2O2. The Bertz CT molecular complexity index is 394. The fourth-order valence-corrected chi connectivity index (χ4v) is 3.24. The molecule has 2 saturated heterocycles. The van der Waals surface area contributed by atoms with Crippen molar-refractivity contribution in [1.29, 1.82) is 0 Å². The molecule has 0 bridgehead atoms. The maximum atomic E-state index is 6.15. The highest BCUT2D eigenvalue weighted by Gasteiger charge is 2.43. The van der Waals surface area contributed by atoms with Crippen LogP contribution in [0.4, 0.5) is 0 Å². The molecule has 0 saturated carbocycles. The average molecular weight is 264 g/mol. The Hall–Kier alpha value is -0.840.